The first-order chi connectivity index (χ1) is 14.7. The number of hydrogen-bond donors (Lipinski definition) is 2. The molecule has 0 aliphatic rings. The van der Waals surface area contributed by atoms with Crippen LogP contribution in [0.2, 0.25) is 0 Å². The van der Waals surface area contributed by atoms with Crippen LogP contribution in [0.15, 0.2) is 67.0 Å². The summed E-state index contributed by atoms with van der Waals surface area (Å²) in [5.41, 5.74) is 5.20. The number of fused-ring (bicyclic) bond motifs is 1. The lowest BCUT2D eigenvalue weighted by molar-refractivity contribution is 0.866. The average Bonchev–Trinajstić information content (AvgIpc) is 2.77. The Kier molecular flexibility index (Phi) is 5.75. The predicted octanol–water partition coefficient (Wildman–Crippen LogP) is 5.67. The molecule has 30 heavy (non-hydrogen) atoms. The van der Waals surface area contributed by atoms with Crippen molar-refractivity contribution in [3.63, 3.8) is 0 Å². The fraction of sp³-hybridized carbons (Fsp3) is 0.208. The predicted molar refractivity (Wildman–Crippen MR) is 125 cm³/mol. The molecule has 4 rings (SSSR count). The summed E-state index contributed by atoms with van der Waals surface area (Å²) in [5, 5.41) is 7.79. The van der Waals surface area contributed by atoms with Crippen molar-refractivity contribution in [3.8, 4) is 0 Å². The Labute approximate surface area is 177 Å². The van der Waals surface area contributed by atoms with Crippen LogP contribution >= 0.6 is 0 Å². The van der Waals surface area contributed by atoms with E-state index < -0.39 is 0 Å². The molecule has 0 radical (unpaired) electrons. The summed E-state index contributed by atoms with van der Waals surface area (Å²) in [6, 6.07) is 18.3. The highest BCUT2D eigenvalue weighted by atomic mass is 15.1. The zero-order valence-electron chi connectivity index (χ0n) is 17.6. The Bertz CT molecular complexity index is 1150. The SMILES string of the molecule is CCN(CC)c1ccc(Nc2nccc(Nc3cccc4cccnc34)n2)c(C)c1. The van der Waals surface area contributed by atoms with Crippen molar-refractivity contribution >= 4 is 39.7 Å². The number of benzene rings is 2. The van der Waals surface area contributed by atoms with Crippen molar-refractivity contribution in [2.24, 2.45) is 0 Å². The molecule has 0 atom stereocenters. The van der Waals surface area contributed by atoms with Gasteiger partial charge in [-0.2, -0.15) is 4.98 Å². The van der Waals surface area contributed by atoms with Gasteiger partial charge in [0.2, 0.25) is 5.95 Å². The Morgan fingerprint density at radius 2 is 1.67 bits per heavy atom. The molecule has 0 saturated heterocycles. The first kappa shape index (κ1) is 19.6. The van der Waals surface area contributed by atoms with Crippen molar-refractivity contribution in [2.45, 2.75) is 20.8 Å². The number of aryl methyl sites for hydroxylation is 1. The molecule has 0 bridgehead atoms. The number of nitrogens with one attached hydrogen (secondary N) is 2. The Hall–Kier alpha value is -3.67. The maximum atomic E-state index is 4.63. The molecule has 0 aliphatic carbocycles. The minimum atomic E-state index is 0.548. The highest BCUT2D eigenvalue weighted by Crippen LogP contribution is 2.26. The number of hydrogen-bond acceptors (Lipinski definition) is 6. The van der Waals surface area contributed by atoms with Crippen LogP contribution in [0, 0.1) is 6.92 Å². The van der Waals surface area contributed by atoms with Gasteiger partial charge in [0.25, 0.3) is 0 Å². The molecule has 0 unspecified atom stereocenters. The van der Waals surface area contributed by atoms with Crippen LogP contribution in [0.3, 0.4) is 0 Å². The van der Waals surface area contributed by atoms with Gasteiger partial charge in [0.15, 0.2) is 0 Å². The third kappa shape index (κ3) is 4.17. The number of rotatable bonds is 7. The Balaban J connectivity index is 1.55. The molecule has 2 aromatic heterocycles. The fourth-order valence-electron chi connectivity index (χ4n) is 3.53. The van der Waals surface area contributed by atoms with Crippen molar-refractivity contribution < 1.29 is 0 Å². The molecule has 2 aromatic carbocycles. The zero-order valence-corrected chi connectivity index (χ0v) is 17.6. The normalized spacial score (nSPS) is 10.8. The van der Waals surface area contributed by atoms with Crippen molar-refractivity contribution in [1.82, 2.24) is 15.0 Å². The van der Waals surface area contributed by atoms with E-state index >= 15 is 0 Å². The second-order valence-electron chi connectivity index (χ2n) is 7.07. The summed E-state index contributed by atoms with van der Waals surface area (Å²) in [6.07, 6.45) is 3.54. The minimum Gasteiger partial charge on any atom is -0.372 e. The molecular formula is C24H26N6. The highest BCUT2D eigenvalue weighted by Gasteiger charge is 2.08. The van der Waals surface area contributed by atoms with E-state index in [4.69, 9.17) is 0 Å². The molecule has 6 nitrogen and oxygen atoms in total. The largest absolute Gasteiger partial charge is 0.372 e. The van der Waals surface area contributed by atoms with Crippen LogP contribution in [-0.2, 0) is 0 Å². The molecule has 0 saturated carbocycles. The molecule has 2 N–H and O–H groups in total. The lowest BCUT2D eigenvalue weighted by Gasteiger charge is -2.22. The van der Waals surface area contributed by atoms with Gasteiger partial charge >= 0.3 is 0 Å². The van der Waals surface area contributed by atoms with Crippen molar-refractivity contribution in [2.75, 3.05) is 28.6 Å². The van der Waals surface area contributed by atoms with Crippen molar-refractivity contribution in [3.05, 3.63) is 72.6 Å². The molecule has 152 valence electrons. The summed E-state index contributed by atoms with van der Waals surface area (Å²) < 4.78 is 0. The van der Waals surface area contributed by atoms with E-state index in [1.165, 1.54) is 5.69 Å². The van der Waals surface area contributed by atoms with Crippen LogP contribution in [0.4, 0.5) is 28.8 Å². The first-order valence-corrected chi connectivity index (χ1v) is 10.2. The molecule has 4 aromatic rings. The van der Waals surface area contributed by atoms with Gasteiger partial charge in [0, 0.05) is 42.2 Å². The van der Waals surface area contributed by atoms with Gasteiger partial charge in [-0.25, -0.2) is 4.98 Å². The van der Waals surface area contributed by atoms with Crippen LogP contribution in [0.1, 0.15) is 19.4 Å². The number of aromatic nitrogens is 3. The number of anilines is 5. The topological polar surface area (TPSA) is 66.0 Å². The van der Waals surface area contributed by atoms with E-state index in [1.54, 1.807) is 12.4 Å². The van der Waals surface area contributed by atoms with Gasteiger partial charge in [0.1, 0.15) is 5.82 Å². The van der Waals surface area contributed by atoms with Gasteiger partial charge in [-0.15, -0.1) is 0 Å². The van der Waals surface area contributed by atoms with Gasteiger partial charge in [-0.3, -0.25) is 4.98 Å². The summed E-state index contributed by atoms with van der Waals surface area (Å²) in [7, 11) is 0. The third-order valence-electron chi connectivity index (χ3n) is 5.14. The molecule has 6 heteroatoms. The number of pyridine rings is 1. The molecule has 2 heterocycles. The molecule has 0 fully saturated rings. The maximum absolute atomic E-state index is 4.63. The van der Waals surface area contributed by atoms with E-state index in [-0.39, 0.29) is 0 Å². The van der Waals surface area contributed by atoms with Crippen LogP contribution in [0.25, 0.3) is 10.9 Å². The molecule has 0 aliphatic heterocycles. The number of nitrogens with zero attached hydrogens (tertiary/aromatic N) is 4. The monoisotopic (exact) mass is 398 g/mol. The summed E-state index contributed by atoms with van der Waals surface area (Å²) in [4.78, 5) is 15.8. The van der Waals surface area contributed by atoms with E-state index in [2.05, 4.69) is 69.5 Å². The van der Waals surface area contributed by atoms with E-state index in [0.29, 0.717) is 11.8 Å². The molecule has 0 spiro atoms. The molecule has 0 amide bonds. The fourth-order valence-corrected chi connectivity index (χ4v) is 3.53. The zero-order chi connectivity index (χ0) is 20.9. The maximum Gasteiger partial charge on any atom is 0.229 e. The number of para-hydroxylation sites is 1. The van der Waals surface area contributed by atoms with E-state index in [9.17, 15) is 0 Å². The van der Waals surface area contributed by atoms with Crippen LogP contribution in [-0.4, -0.2) is 28.0 Å². The Morgan fingerprint density at radius 3 is 2.47 bits per heavy atom. The van der Waals surface area contributed by atoms with E-state index in [0.717, 1.165) is 40.9 Å². The van der Waals surface area contributed by atoms with Gasteiger partial charge in [-0.1, -0.05) is 18.2 Å². The van der Waals surface area contributed by atoms with Crippen LogP contribution < -0.4 is 15.5 Å². The Morgan fingerprint density at radius 1 is 0.833 bits per heavy atom. The second kappa shape index (κ2) is 8.78. The standard InChI is InChI=1S/C24H26N6/c1-4-30(5-2)19-11-12-20(17(3)16-19)28-24-26-15-13-22(29-24)27-21-10-6-8-18-9-7-14-25-23(18)21/h6-16H,4-5H2,1-3H3,(H2,26,27,28,29). The average molecular weight is 399 g/mol. The second-order valence-corrected chi connectivity index (χ2v) is 7.07. The lowest BCUT2D eigenvalue weighted by atomic mass is 10.1. The summed E-state index contributed by atoms with van der Waals surface area (Å²) in [5.74, 6) is 1.26. The van der Waals surface area contributed by atoms with Gasteiger partial charge in [-0.05, 0) is 62.7 Å². The smallest absolute Gasteiger partial charge is 0.229 e. The third-order valence-corrected chi connectivity index (χ3v) is 5.14. The quantitative estimate of drug-likeness (QED) is 0.418. The van der Waals surface area contributed by atoms with Gasteiger partial charge in [0.05, 0.1) is 11.2 Å². The van der Waals surface area contributed by atoms with E-state index in [1.807, 2.05) is 36.4 Å². The minimum absolute atomic E-state index is 0.548. The van der Waals surface area contributed by atoms with Crippen molar-refractivity contribution in [1.29, 1.82) is 0 Å². The highest BCUT2D eigenvalue weighted by molar-refractivity contribution is 5.91. The summed E-state index contributed by atoms with van der Waals surface area (Å²) in [6.45, 7) is 8.41. The molecular weight excluding hydrogens is 372 g/mol. The first-order valence-electron chi connectivity index (χ1n) is 10.2. The summed E-state index contributed by atoms with van der Waals surface area (Å²) >= 11 is 0. The van der Waals surface area contributed by atoms with Crippen LogP contribution in [0.5, 0.6) is 0 Å². The lowest BCUT2D eigenvalue weighted by Crippen LogP contribution is -2.21. The van der Waals surface area contributed by atoms with Gasteiger partial charge < -0.3 is 15.5 Å².